The second-order valence-electron chi connectivity index (χ2n) is 4.86. The highest BCUT2D eigenvalue weighted by atomic mass is 32.2. The molecule has 126 valence electrons. The van der Waals surface area contributed by atoms with Gasteiger partial charge in [0.25, 0.3) is 16.0 Å². The van der Waals surface area contributed by atoms with Crippen LogP contribution in [-0.2, 0) is 16.2 Å². The maximum Gasteiger partial charge on any atom is 0.417 e. The average Bonchev–Trinajstić information content (AvgIpc) is 2.93. The van der Waals surface area contributed by atoms with Crippen LogP contribution < -0.4 is 4.72 Å². The number of alkyl halides is 3. The molecule has 1 atom stereocenters. The van der Waals surface area contributed by atoms with E-state index >= 15 is 0 Å². The first-order valence-corrected chi connectivity index (χ1v) is 8.16. The zero-order valence-corrected chi connectivity index (χ0v) is 13.1. The highest BCUT2D eigenvalue weighted by Crippen LogP contribution is 2.34. The van der Waals surface area contributed by atoms with Crippen LogP contribution in [0.3, 0.4) is 0 Å². The predicted molar refractivity (Wildman–Crippen MR) is 75.3 cm³/mol. The Labute approximate surface area is 130 Å². The topological polar surface area (TPSA) is 85.1 Å². The molecular formula is C13H14F3N3O3S. The molecule has 0 saturated heterocycles. The summed E-state index contributed by atoms with van der Waals surface area (Å²) in [6.07, 6.45) is -4.12. The zero-order valence-electron chi connectivity index (χ0n) is 12.3. The molecule has 2 rings (SSSR count). The fourth-order valence-corrected chi connectivity index (χ4v) is 2.93. The van der Waals surface area contributed by atoms with Crippen LogP contribution in [0.1, 0.15) is 37.6 Å². The van der Waals surface area contributed by atoms with E-state index in [-0.39, 0.29) is 11.8 Å². The molecule has 0 aliphatic rings. The number of anilines is 1. The standard InChI is InChI=1S/C13H14F3N3O3S/c1-3-8(2)11-17-12(18-22-11)19-23(20,21)10-7-5-4-6-9(10)13(14,15)16/h4-8H,3H2,1-2H3,(H,18,19). The van der Waals surface area contributed by atoms with Crippen LogP contribution in [0.15, 0.2) is 33.7 Å². The van der Waals surface area contributed by atoms with Crippen molar-refractivity contribution < 1.29 is 26.1 Å². The van der Waals surface area contributed by atoms with Crippen LogP contribution in [0.4, 0.5) is 19.1 Å². The van der Waals surface area contributed by atoms with Crippen molar-refractivity contribution in [2.45, 2.75) is 37.3 Å². The third-order valence-corrected chi connectivity index (χ3v) is 4.57. The molecule has 6 nitrogen and oxygen atoms in total. The first kappa shape index (κ1) is 17.3. The number of sulfonamides is 1. The van der Waals surface area contributed by atoms with Crippen molar-refractivity contribution in [1.29, 1.82) is 0 Å². The first-order valence-electron chi connectivity index (χ1n) is 6.67. The third-order valence-electron chi connectivity index (χ3n) is 3.18. The number of nitrogens with zero attached hydrogens (tertiary/aromatic N) is 2. The maximum atomic E-state index is 12.9. The van der Waals surface area contributed by atoms with E-state index in [1.54, 1.807) is 6.92 Å². The Morgan fingerprint density at radius 1 is 1.30 bits per heavy atom. The number of hydrogen-bond donors (Lipinski definition) is 1. The molecule has 0 spiro atoms. The Morgan fingerprint density at radius 3 is 2.57 bits per heavy atom. The van der Waals surface area contributed by atoms with Crippen molar-refractivity contribution in [3.8, 4) is 0 Å². The van der Waals surface area contributed by atoms with Crippen molar-refractivity contribution >= 4 is 16.0 Å². The summed E-state index contributed by atoms with van der Waals surface area (Å²) in [6.45, 7) is 3.67. The van der Waals surface area contributed by atoms with E-state index in [2.05, 4.69) is 10.1 Å². The number of rotatable bonds is 5. The summed E-state index contributed by atoms with van der Waals surface area (Å²) in [5, 5.41) is 3.43. The number of benzene rings is 1. The van der Waals surface area contributed by atoms with Crippen LogP contribution in [0.5, 0.6) is 0 Å². The first-order chi connectivity index (χ1) is 10.6. The SMILES string of the molecule is CCC(C)c1nc(NS(=O)(=O)c2ccccc2C(F)(F)F)no1. The molecule has 10 heteroatoms. The van der Waals surface area contributed by atoms with Gasteiger partial charge in [-0.1, -0.05) is 26.0 Å². The maximum absolute atomic E-state index is 12.9. The van der Waals surface area contributed by atoms with Crippen LogP contribution in [-0.4, -0.2) is 18.6 Å². The number of nitrogens with one attached hydrogen (secondary N) is 1. The Bertz CT molecular complexity index is 787. The third kappa shape index (κ3) is 3.81. The van der Waals surface area contributed by atoms with Gasteiger partial charge in [-0.15, -0.1) is 0 Å². The van der Waals surface area contributed by atoms with Gasteiger partial charge in [-0.2, -0.15) is 18.2 Å². The van der Waals surface area contributed by atoms with Gasteiger partial charge in [-0.05, 0) is 23.7 Å². The minimum atomic E-state index is -4.80. The largest absolute Gasteiger partial charge is 0.417 e. The molecule has 1 unspecified atom stereocenters. The molecule has 0 bridgehead atoms. The summed E-state index contributed by atoms with van der Waals surface area (Å²) in [5.74, 6) is -0.296. The Balaban J connectivity index is 2.35. The number of aromatic nitrogens is 2. The van der Waals surface area contributed by atoms with Crippen LogP contribution in [0.25, 0.3) is 0 Å². The van der Waals surface area contributed by atoms with Gasteiger partial charge < -0.3 is 4.52 Å². The van der Waals surface area contributed by atoms with Crippen LogP contribution in [0.2, 0.25) is 0 Å². The molecule has 1 aromatic carbocycles. The molecule has 2 aromatic rings. The normalized spacial score (nSPS) is 13.8. The lowest BCUT2D eigenvalue weighted by atomic mass is 10.1. The summed E-state index contributed by atoms with van der Waals surface area (Å²) in [7, 11) is -4.50. The number of halogens is 3. The van der Waals surface area contributed by atoms with Crippen molar-refractivity contribution in [3.63, 3.8) is 0 Å². The van der Waals surface area contributed by atoms with E-state index < -0.39 is 32.6 Å². The molecule has 0 aliphatic carbocycles. The lowest BCUT2D eigenvalue weighted by Crippen LogP contribution is -2.19. The highest BCUT2D eigenvalue weighted by Gasteiger charge is 2.37. The minimum absolute atomic E-state index is 0.0942. The van der Waals surface area contributed by atoms with E-state index in [4.69, 9.17) is 4.52 Å². The smallest absolute Gasteiger partial charge is 0.337 e. The molecule has 1 N–H and O–H groups in total. The molecule has 0 saturated carbocycles. The van der Waals surface area contributed by atoms with E-state index in [1.807, 2.05) is 11.6 Å². The summed E-state index contributed by atoms with van der Waals surface area (Å²) in [6, 6.07) is 3.86. The van der Waals surface area contributed by atoms with Gasteiger partial charge in [0.15, 0.2) is 0 Å². The Hall–Kier alpha value is -2.10. The average molecular weight is 349 g/mol. The molecule has 0 radical (unpaired) electrons. The molecule has 0 amide bonds. The monoisotopic (exact) mass is 349 g/mol. The molecule has 0 fully saturated rings. The van der Waals surface area contributed by atoms with Crippen molar-refractivity contribution in [3.05, 3.63) is 35.7 Å². The van der Waals surface area contributed by atoms with Gasteiger partial charge in [0.1, 0.15) is 0 Å². The zero-order chi connectivity index (χ0) is 17.3. The van der Waals surface area contributed by atoms with E-state index in [1.165, 1.54) is 6.07 Å². The van der Waals surface area contributed by atoms with Gasteiger partial charge in [0, 0.05) is 5.92 Å². The van der Waals surface area contributed by atoms with Gasteiger partial charge >= 0.3 is 6.18 Å². The fraction of sp³-hybridized carbons (Fsp3) is 0.385. The lowest BCUT2D eigenvalue weighted by Gasteiger charge is -2.12. The Kier molecular flexibility index (Phi) is 4.64. The van der Waals surface area contributed by atoms with Gasteiger partial charge in [-0.25, -0.2) is 13.1 Å². The molecule has 1 aromatic heterocycles. The van der Waals surface area contributed by atoms with Crippen molar-refractivity contribution in [2.24, 2.45) is 0 Å². The summed E-state index contributed by atoms with van der Waals surface area (Å²) in [5.41, 5.74) is -1.27. The lowest BCUT2D eigenvalue weighted by molar-refractivity contribution is -0.139. The van der Waals surface area contributed by atoms with Gasteiger partial charge in [-0.3, -0.25) is 0 Å². The summed E-state index contributed by atoms with van der Waals surface area (Å²) >= 11 is 0. The van der Waals surface area contributed by atoms with Gasteiger partial charge in [0.2, 0.25) is 5.89 Å². The van der Waals surface area contributed by atoms with Crippen LogP contribution in [0, 0.1) is 0 Å². The van der Waals surface area contributed by atoms with E-state index in [9.17, 15) is 21.6 Å². The minimum Gasteiger partial charge on any atom is -0.337 e. The van der Waals surface area contributed by atoms with E-state index in [0.717, 1.165) is 12.1 Å². The van der Waals surface area contributed by atoms with Gasteiger partial charge in [0.05, 0.1) is 10.5 Å². The molecule has 23 heavy (non-hydrogen) atoms. The van der Waals surface area contributed by atoms with E-state index in [0.29, 0.717) is 12.5 Å². The second kappa shape index (κ2) is 6.19. The Morgan fingerprint density at radius 2 is 1.96 bits per heavy atom. The molecule has 1 heterocycles. The predicted octanol–water partition coefficient (Wildman–Crippen LogP) is 3.40. The summed E-state index contributed by atoms with van der Waals surface area (Å²) < 4.78 is 70.0. The van der Waals surface area contributed by atoms with Crippen LogP contribution >= 0.6 is 0 Å². The van der Waals surface area contributed by atoms with Crippen molar-refractivity contribution in [1.82, 2.24) is 10.1 Å². The summed E-state index contributed by atoms with van der Waals surface area (Å²) in [4.78, 5) is 2.93. The number of hydrogen-bond acceptors (Lipinski definition) is 5. The highest BCUT2D eigenvalue weighted by molar-refractivity contribution is 7.92. The van der Waals surface area contributed by atoms with Crippen molar-refractivity contribution in [2.75, 3.05) is 4.72 Å². The fourth-order valence-electron chi connectivity index (χ4n) is 1.76. The second-order valence-corrected chi connectivity index (χ2v) is 6.52. The molecule has 0 aliphatic heterocycles. The quantitative estimate of drug-likeness (QED) is 0.894. The molecular weight excluding hydrogens is 335 g/mol.